The van der Waals surface area contributed by atoms with Crippen molar-refractivity contribution in [1.29, 1.82) is 0 Å². The Morgan fingerprint density at radius 2 is 1.76 bits per heavy atom. The van der Waals surface area contributed by atoms with Crippen molar-refractivity contribution in [3.8, 4) is 0 Å². The van der Waals surface area contributed by atoms with E-state index in [1.54, 1.807) is 12.2 Å². The number of aliphatic carboxylic acids is 1. The molecular formula is C16H17NO4. The van der Waals surface area contributed by atoms with E-state index < -0.39 is 30.0 Å². The molecule has 2 aliphatic rings. The van der Waals surface area contributed by atoms with Gasteiger partial charge in [-0.25, -0.2) is 0 Å². The Bertz CT molecular complexity index is 637. The monoisotopic (exact) mass is 287 g/mol. The smallest absolute Gasteiger partial charge is 0.310 e. The normalized spacial score (nSPS) is 29.6. The average molecular weight is 287 g/mol. The molecule has 2 aliphatic heterocycles. The Morgan fingerprint density at radius 1 is 1.10 bits per heavy atom. The van der Waals surface area contributed by atoms with Gasteiger partial charge in [-0.15, -0.1) is 0 Å². The summed E-state index contributed by atoms with van der Waals surface area (Å²) in [4.78, 5) is 23.8. The molecule has 2 N–H and O–H groups in total. The summed E-state index contributed by atoms with van der Waals surface area (Å²) in [5, 5.41) is 12.1. The SMILES string of the molecule is Cc1ccc(NC(=O)[C@@H]2[C@@H](C(=O)O)[C@@H]3C=C[C@H]2O3)cc1C. The van der Waals surface area contributed by atoms with Crippen molar-refractivity contribution < 1.29 is 19.4 Å². The molecule has 110 valence electrons. The molecule has 0 saturated carbocycles. The number of fused-ring (bicyclic) bond motifs is 2. The van der Waals surface area contributed by atoms with Crippen LogP contribution in [0.4, 0.5) is 5.69 Å². The Balaban J connectivity index is 1.80. The number of nitrogens with one attached hydrogen (secondary N) is 1. The van der Waals surface area contributed by atoms with Gasteiger partial charge in [-0.1, -0.05) is 18.2 Å². The van der Waals surface area contributed by atoms with E-state index in [1.165, 1.54) is 0 Å². The van der Waals surface area contributed by atoms with Crippen LogP contribution in [-0.2, 0) is 14.3 Å². The fourth-order valence-corrected chi connectivity index (χ4v) is 2.96. The van der Waals surface area contributed by atoms with E-state index in [0.29, 0.717) is 5.69 Å². The number of rotatable bonds is 3. The Hall–Kier alpha value is -2.14. The predicted octanol–water partition coefficient (Wildman–Crippen LogP) is 1.90. The van der Waals surface area contributed by atoms with Gasteiger partial charge in [0.25, 0.3) is 0 Å². The topological polar surface area (TPSA) is 75.6 Å². The first-order valence-electron chi connectivity index (χ1n) is 6.92. The molecule has 3 rings (SSSR count). The van der Waals surface area contributed by atoms with Crippen molar-refractivity contribution >= 4 is 17.6 Å². The van der Waals surface area contributed by atoms with Gasteiger partial charge in [0.1, 0.15) is 5.92 Å². The Labute approximate surface area is 122 Å². The number of carboxylic acids is 1. The van der Waals surface area contributed by atoms with Gasteiger partial charge in [0.05, 0.1) is 18.1 Å². The lowest BCUT2D eigenvalue weighted by Crippen LogP contribution is -2.39. The van der Waals surface area contributed by atoms with E-state index in [4.69, 9.17) is 4.74 Å². The molecule has 5 nitrogen and oxygen atoms in total. The highest BCUT2D eigenvalue weighted by Gasteiger charge is 2.53. The summed E-state index contributed by atoms with van der Waals surface area (Å²) in [7, 11) is 0. The molecule has 5 heteroatoms. The number of amides is 1. The van der Waals surface area contributed by atoms with Crippen LogP contribution in [0, 0.1) is 25.7 Å². The van der Waals surface area contributed by atoms with Crippen LogP contribution in [0.1, 0.15) is 11.1 Å². The summed E-state index contributed by atoms with van der Waals surface area (Å²) in [6.45, 7) is 3.96. The molecule has 1 amide bonds. The first kappa shape index (κ1) is 13.8. The van der Waals surface area contributed by atoms with Gasteiger partial charge in [0.2, 0.25) is 5.91 Å². The largest absolute Gasteiger partial charge is 0.481 e. The van der Waals surface area contributed by atoms with E-state index in [0.717, 1.165) is 11.1 Å². The number of hydrogen-bond donors (Lipinski definition) is 2. The number of carboxylic acid groups (broad SMARTS) is 1. The highest BCUT2D eigenvalue weighted by atomic mass is 16.5. The summed E-state index contributed by atoms with van der Waals surface area (Å²) < 4.78 is 5.51. The lowest BCUT2D eigenvalue weighted by atomic mass is 9.82. The summed E-state index contributed by atoms with van der Waals surface area (Å²) in [6.07, 6.45) is 2.56. The average Bonchev–Trinajstić information content (AvgIpc) is 3.03. The second-order valence-corrected chi connectivity index (χ2v) is 5.63. The fraction of sp³-hybridized carbons (Fsp3) is 0.375. The van der Waals surface area contributed by atoms with Crippen molar-refractivity contribution in [2.75, 3.05) is 5.32 Å². The minimum Gasteiger partial charge on any atom is -0.481 e. The summed E-state index contributed by atoms with van der Waals surface area (Å²) in [6, 6.07) is 5.63. The van der Waals surface area contributed by atoms with Crippen molar-refractivity contribution in [3.05, 3.63) is 41.5 Å². The molecule has 0 unspecified atom stereocenters. The van der Waals surface area contributed by atoms with Crippen LogP contribution in [0.25, 0.3) is 0 Å². The van der Waals surface area contributed by atoms with Gasteiger partial charge < -0.3 is 15.2 Å². The van der Waals surface area contributed by atoms with Gasteiger partial charge in [0, 0.05) is 5.69 Å². The maximum Gasteiger partial charge on any atom is 0.310 e. The van der Waals surface area contributed by atoms with Gasteiger partial charge in [-0.2, -0.15) is 0 Å². The molecular weight excluding hydrogens is 270 g/mol. The zero-order valence-electron chi connectivity index (χ0n) is 11.9. The second kappa shape index (κ2) is 5.00. The minimum atomic E-state index is -0.993. The van der Waals surface area contributed by atoms with E-state index in [9.17, 15) is 14.7 Å². The van der Waals surface area contributed by atoms with Crippen LogP contribution >= 0.6 is 0 Å². The van der Waals surface area contributed by atoms with E-state index in [1.807, 2.05) is 32.0 Å². The summed E-state index contributed by atoms with van der Waals surface area (Å²) in [5.74, 6) is -2.79. The standard InChI is InChI=1S/C16H17NO4/c1-8-3-4-10(7-9(8)2)17-15(18)13-11-5-6-12(21-11)14(13)16(19)20/h3-7,11-14H,1-2H3,(H,17,18)(H,19,20)/t11-,12+,13+,14+/m1/s1. The zero-order valence-corrected chi connectivity index (χ0v) is 11.9. The number of carbonyl (C=O) groups excluding carboxylic acids is 1. The molecule has 21 heavy (non-hydrogen) atoms. The molecule has 1 fully saturated rings. The number of hydrogen-bond acceptors (Lipinski definition) is 3. The highest BCUT2D eigenvalue weighted by Crippen LogP contribution is 2.39. The first-order chi connectivity index (χ1) is 9.97. The van der Waals surface area contributed by atoms with Gasteiger partial charge in [0.15, 0.2) is 0 Å². The number of benzene rings is 1. The second-order valence-electron chi connectivity index (χ2n) is 5.63. The Kier molecular flexibility index (Phi) is 3.29. The third-order valence-corrected chi connectivity index (χ3v) is 4.26. The predicted molar refractivity (Wildman–Crippen MR) is 77.0 cm³/mol. The van der Waals surface area contributed by atoms with E-state index in [2.05, 4.69) is 5.32 Å². The van der Waals surface area contributed by atoms with Crippen molar-refractivity contribution in [3.63, 3.8) is 0 Å². The summed E-state index contributed by atoms with van der Waals surface area (Å²) in [5.41, 5.74) is 2.90. The maximum atomic E-state index is 12.4. The molecule has 1 aromatic rings. The van der Waals surface area contributed by atoms with Gasteiger partial charge in [-0.05, 0) is 37.1 Å². The summed E-state index contributed by atoms with van der Waals surface area (Å²) >= 11 is 0. The quantitative estimate of drug-likeness (QED) is 0.833. The molecule has 0 aromatic heterocycles. The number of ether oxygens (including phenoxy) is 1. The molecule has 0 aliphatic carbocycles. The van der Waals surface area contributed by atoms with Crippen LogP contribution in [0.2, 0.25) is 0 Å². The van der Waals surface area contributed by atoms with E-state index >= 15 is 0 Å². The lowest BCUT2D eigenvalue weighted by Gasteiger charge is -2.21. The molecule has 2 bridgehead atoms. The van der Waals surface area contributed by atoms with Crippen molar-refractivity contribution in [2.45, 2.75) is 26.1 Å². The number of anilines is 1. The fourth-order valence-electron chi connectivity index (χ4n) is 2.96. The van der Waals surface area contributed by atoms with Crippen LogP contribution < -0.4 is 5.32 Å². The van der Waals surface area contributed by atoms with Crippen LogP contribution in [-0.4, -0.2) is 29.2 Å². The van der Waals surface area contributed by atoms with Crippen LogP contribution in [0.3, 0.4) is 0 Å². The molecule has 1 aromatic carbocycles. The van der Waals surface area contributed by atoms with Gasteiger partial charge in [-0.3, -0.25) is 9.59 Å². The molecule has 0 radical (unpaired) electrons. The van der Waals surface area contributed by atoms with Gasteiger partial charge >= 0.3 is 5.97 Å². The molecule has 0 spiro atoms. The minimum absolute atomic E-state index is 0.303. The molecule has 2 heterocycles. The molecule has 1 saturated heterocycles. The number of carbonyl (C=O) groups is 2. The van der Waals surface area contributed by atoms with Crippen LogP contribution in [0.5, 0.6) is 0 Å². The zero-order chi connectivity index (χ0) is 15.1. The molecule has 4 atom stereocenters. The van der Waals surface area contributed by atoms with Crippen LogP contribution in [0.15, 0.2) is 30.4 Å². The van der Waals surface area contributed by atoms with Crippen molar-refractivity contribution in [2.24, 2.45) is 11.8 Å². The Morgan fingerprint density at radius 3 is 2.38 bits per heavy atom. The third kappa shape index (κ3) is 2.34. The van der Waals surface area contributed by atoms with Crippen molar-refractivity contribution in [1.82, 2.24) is 0 Å². The maximum absolute atomic E-state index is 12.4. The third-order valence-electron chi connectivity index (χ3n) is 4.26. The first-order valence-corrected chi connectivity index (χ1v) is 6.92. The van der Waals surface area contributed by atoms with E-state index in [-0.39, 0.29) is 5.91 Å². The number of aryl methyl sites for hydroxylation is 2. The lowest BCUT2D eigenvalue weighted by molar-refractivity contribution is -0.145. The highest BCUT2D eigenvalue weighted by molar-refractivity contribution is 5.96.